The first-order valence-corrected chi connectivity index (χ1v) is 10.2. The molecular formula is C21H18N4O5S. The lowest BCUT2D eigenvalue weighted by Crippen LogP contribution is -2.10. The van der Waals surface area contributed by atoms with Crippen LogP contribution in [0.3, 0.4) is 0 Å². The van der Waals surface area contributed by atoms with E-state index < -0.39 is 11.9 Å². The molecule has 0 radical (unpaired) electrons. The quantitative estimate of drug-likeness (QED) is 0.438. The molecule has 0 bridgehead atoms. The Morgan fingerprint density at radius 3 is 2.77 bits per heavy atom. The van der Waals surface area contributed by atoms with Gasteiger partial charge in [0, 0.05) is 6.20 Å². The lowest BCUT2D eigenvalue weighted by atomic mass is 10.1. The zero-order valence-corrected chi connectivity index (χ0v) is 17.8. The van der Waals surface area contributed by atoms with Gasteiger partial charge in [-0.1, -0.05) is 12.1 Å². The molecule has 0 unspecified atom stereocenters. The minimum Gasteiger partial charge on any atom is -0.465 e. The van der Waals surface area contributed by atoms with E-state index in [0.717, 1.165) is 10.2 Å². The van der Waals surface area contributed by atoms with Crippen LogP contribution in [-0.4, -0.2) is 40.6 Å². The van der Waals surface area contributed by atoms with Crippen LogP contribution in [0.2, 0.25) is 0 Å². The van der Waals surface area contributed by atoms with E-state index in [9.17, 15) is 9.59 Å². The number of furan rings is 1. The van der Waals surface area contributed by atoms with Crippen LogP contribution in [0.1, 0.15) is 33.4 Å². The van der Waals surface area contributed by atoms with E-state index in [4.69, 9.17) is 13.9 Å². The van der Waals surface area contributed by atoms with Gasteiger partial charge >= 0.3 is 11.9 Å². The van der Waals surface area contributed by atoms with Crippen LogP contribution < -0.4 is 5.32 Å². The van der Waals surface area contributed by atoms with Crippen molar-refractivity contribution in [1.82, 2.24) is 15.0 Å². The molecular weight excluding hydrogens is 420 g/mol. The molecule has 0 aliphatic rings. The lowest BCUT2D eigenvalue weighted by molar-refractivity contribution is 0.0525. The summed E-state index contributed by atoms with van der Waals surface area (Å²) in [7, 11) is 1.30. The molecule has 3 heterocycles. The molecule has 31 heavy (non-hydrogen) atoms. The standard InChI is InChI=1S/C21H18N4O5S/c1-4-29-20(26)12-9-22-10-23-17(12)25-18-16(15(11(2)30-18)21(27)28-3)19-24-13-7-5-6-8-14(13)31-19/h5-10H,4H2,1-3H3,(H,22,23,25). The Morgan fingerprint density at radius 2 is 2.03 bits per heavy atom. The Hall–Kier alpha value is -3.79. The van der Waals surface area contributed by atoms with E-state index >= 15 is 0 Å². The molecule has 0 aliphatic heterocycles. The fourth-order valence-electron chi connectivity index (χ4n) is 3.06. The van der Waals surface area contributed by atoms with Crippen molar-refractivity contribution in [3.63, 3.8) is 0 Å². The monoisotopic (exact) mass is 438 g/mol. The van der Waals surface area contributed by atoms with Gasteiger partial charge in [-0.05, 0) is 26.0 Å². The number of anilines is 2. The molecule has 0 aliphatic carbocycles. The average Bonchev–Trinajstić information content (AvgIpc) is 3.34. The van der Waals surface area contributed by atoms with Crippen molar-refractivity contribution in [3.8, 4) is 10.6 Å². The maximum atomic E-state index is 12.5. The van der Waals surface area contributed by atoms with Gasteiger partial charge in [-0.2, -0.15) is 0 Å². The SMILES string of the molecule is CCOC(=O)c1cncnc1Nc1oc(C)c(C(=O)OC)c1-c1nc2ccccc2s1. The van der Waals surface area contributed by atoms with Crippen LogP contribution in [-0.2, 0) is 9.47 Å². The van der Waals surface area contributed by atoms with E-state index in [1.165, 1.54) is 31.0 Å². The van der Waals surface area contributed by atoms with E-state index in [0.29, 0.717) is 16.3 Å². The van der Waals surface area contributed by atoms with E-state index in [1.807, 2.05) is 24.3 Å². The van der Waals surface area contributed by atoms with Crippen molar-refractivity contribution in [2.45, 2.75) is 13.8 Å². The summed E-state index contributed by atoms with van der Waals surface area (Å²) < 4.78 is 16.8. The van der Waals surface area contributed by atoms with E-state index in [-0.39, 0.29) is 29.4 Å². The average molecular weight is 438 g/mol. The number of methoxy groups -OCH3 is 1. The third kappa shape index (κ3) is 3.84. The minimum atomic E-state index is -0.580. The Morgan fingerprint density at radius 1 is 1.23 bits per heavy atom. The predicted octanol–water partition coefficient (Wildman–Crippen LogP) is 4.36. The van der Waals surface area contributed by atoms with Gasteiger partial charge in [0.05, 0.1) is 29.5 Å². The number of nitrogens with zero attached hydrogens (tertiary/aromatic N) is 3. The number of aryl methyl sites for hydroxylation is 1. The Kier molecular flexibility index (Phi) is 5.63. The maximum absolute atomic E-state index is 12.5. The van der Waals surface area contributed by atoms with Crippen LogP contribution in [0.15, 0.2) is 41.2 Å². The topological polar surface area (TPSA) is 116 Å². The second-order valence-corrected chi connectivity index (χ2v) is 7.38. The number of benzene rings is 1. The van der Waals surface area contributed by atoms with E-state index in [2.05, 4.69) is 20.3 Å². The first kappa shape index (κ1) is 20.5. The van der Waals surface area contributed by atoms with Crippen LogP contribution in [0.4, 0.5) is 11.7 Å². The Bertz CT molecular complexity index is 1250. The van der Waals surface area contributed by atoms with Crippen molar-refractivity contribution < 1.29 is 23.5 Å². The molecule has 0 saturated carbocycles. The lowest BCUT2D eigenvalue weighted by Gasteiger charge is -2.09. The molecule has 0 fully saturated rings. The van der Waals surface area contributed by atoms with Crippen molar-refractivity contribution >= 4 is 45.2 Å². The summed E-state index contributed by atoms with van der Waals surface area (Å²) in [5.41, 5.74) is 1.60. The van der Waals surface area contributed by atoms with Crippen molar-refractivity contribution in [2.24, 2.45) is 0 Å². The first-order valence-electron chi connectivity index (χ1n) is 9.35. The van der Waals surface area contributed by atoms with Crippen molar-refractivity contribution in [1.29, 1.82) is 0 Å². The molecule has 0 amide bonds. The highest BCUT2D eigenvalue weighted by molar-refractivity contribution is 7.21. The molecule has 4 rings (SSSR count). The molecule has 10 heteroatoms. The van der Waals surface area contributed by atoms with Gasteiger partial charge < -0.3 is 19.2 Å². The number of fused-ring (bicyclic) bond motifs is 1. The number of esters is 2. The zero-order chi connectivity index (χ0) is 22.0. The van der Waals surface area contributed by atoms with Crippen LogP contribution in [0.5, 0.6) is 0 Å². The molecule has 158 valence electrons. The van der Waals surface area contributed by atoms with Crippen LogP contribution in [0, 0.1) is 6.92 Å². The Labute approximate surface area is 181 Å². The summed E-state index contributed by atoms with van der Waals surface area (Å²) in [5.74, 6) is -0.405. The summed E-state index contributed by atoms with van der Waals surface area (Å²) in [6.45, 7) is 3.56. The fraction of sp³-hybridized carbons (Fsp3) is 0.190. The number of para-hydroxylation sites is 1. The largest absolute Gasteiger partial charge is 0.465 e. The highest BCUT2D eigenvalue weighted by Gasteiger charge is 2.29. The summed E-state index contributed by atoms with van der Waals surface area (Å²) in [4.78, 5) is 37.5. The van der Waals surface area contributed by atoms with E-state index in [1.54, 1.807) is 13.8 Å². The normalized spacial score (nSPS) is 10.8. The number of hydrogen-bond acceptors (Lipinski definition) is 10. The molecule has 1 aromatic carbocycles. The fourth-order valence-corrected chi connectivity index (χ4v) is 4.07. The van der Waals surface area contributed by atoms with Gasteiger partial charge in [-0.15, -0.1) is 11.3 Å². The number of nitrogens with one attached hydrogen (secondary N) is 1. The number of carbonyl (C=O) groups is 2. The molecule has 4 aromatic rings. The van der Waals surface area contributed by atoms with Crippen molar-refractivity contribution in [3.05, 3.63) is 53.7 Å². The molecule has 0 saturated heterocycles. The number of aromatic nitrogens is 3. The highest BCUT2D eigenvalue weighted by Crippen LogP contribution is 2.41. The molecule has 1 N–H and O–H groups in total. The zero-order valence-electron chi connectivity index (χ0n) is 17.0. The van der Waals surface area contributed by atoms with Gasteiger partial charge in [0.25, 0.3) is 0 Å². The Balaban J connectivity index is 1.86. The summed E-state index contributed by atoms with van der Waals surface area (Å²) in [6, 6.07) is 7.63. The molecule has 0 spiro atoms. The number of carbonyl (C=O) groups excluding carboxylic acids is 2. The van der Waals surface area contributed by atoms with Gasteiger partial charge in [0.2, 0.25) is 5.88 Å². The van der Waals surface area contributed by atoms with Crippen LogP contribution in [0.25, 0.3) is 20.8 Å². The van der Waals surface area contributed by atoms with Gasteiger partial charge in [0.15, 0.2) is 5.82 Å². The molecule has 0 atom stereocenters. The van der Waals surface area contributed by atoms with Gasteiger partial charge in [-0.3, -0.25) is 0 Å². The third-order valence-electron chi connectivity index (χ3n) is 4.42. The smallest absolute Gasteiger partial charge is 0.343 e. The van der Waals surface area contributed by atoms with Crippen LogP contribution >= 0.6 is 11.3 Å². The van der Waals surface area contributed by atoms with Crippen molar-refractivity contribution in [2.75, 3.05) is 19.0 Å². The van der Waals surface area contributed by atoms with Gasteiger partial charge in [-0.25, -0.2) is 24.5 Å². The number of thiazole rings is 1. The number of hydrogen-bond donors (Lipinski definition) is 1. The number of ether oxygens (including phenoxy) is 2. The second kappa shape index (κ2) is 8.52. The third-order valence-corrected chi connectivity index (χ3v) is 5.47. The minimum absolute atomic E-state index is 0.133. The molecule has 3 aromatic heterocycles. The molecule has 9 nitrogen and oxygen atoms in total. The predicted molar refractivity (Wildman–Crippen MR) is 115 cm³/mol. The summed E-state index contributed by atoms with van der Waals surface area (Å²) >= 11 is 1.41. The highest BCUT2D eigenvalue weighted by atomic mass is 32.1. The summed E-state index contributed by atoms with van der Waals surface area (Å²) in [5, 5.41) is 3.57. The summed E-state index contributed by atoms with van der Waals surface area (Å²) in [6.07, 6.45) is 2.64. The number of rotatable bonds is 6. The second-order valence-electron chi connectivity index (χ2n) is 6.35. The first-order chi connectivity index (χ1) is 15.0. The van der Waals surface area contributed by atoms with Gasteiger partial charge in [0.1, 0.15) is 28.2 Å². The maximum Gasteiger partial charge on any atom is 0.343 e.